The normalized spacial score (nSPS) is 12.3. The van der Waals surface area contributed by atoms with Crippen molar-refractivity contribution < 1.29 is 9.53 Å². The smallest absolute Gasteiger partial charge is 0.248 e. The van der Waals surface area contributed by atoms with Crippen LogP contribution in [0.1, 0.15) is 11.6 Å². The van der Waals surface area contributed by atoms with Crippen LogP contribution >= 0.6 is 11.3 Å². The van der Waals surface area contributed by atoms with Crippen LogP contribution in [0.2, 0.25) is 0 Å². The third kappa shape index (κ3) is 6.30. The molecule has 2 aromatic carbocycles. The van der Waals surface area contributed by atoms with E-state index in [0.29, 0.717) is 13.2 Å². The predicted octanol–water partition coefficient (Wildman–Crippen LogP) is 5.21. The molecule has 0 aliphatic heterocycles. The average molecular weight is 488 g/mol. The molecule has 0 bridgehead atoms. The topological polar surface area (TPSA) is 79.4 Å². The zero-order chi connectivity index (χ0) is 24.6. The Balaban J connectivity index is 1.63. The molecule has 4 rings (SSSR count). The van der Waals surface area contributed by atoms with Gasteiger partial charge in [-0.05, 0) is 37.4 Å². The number of likely N-dealkylation sites (N-methyl/N-ethyl adjacent to an activating group) is 1. The molecule has 2 heterocycles. The highest BCUT2D eigenvalue weighted by Crippen LogP contribution is 2.38. The third-order valence-electron chi connectivity index (χ3n) is 5.40. The van der Waals surface area contributed by atoms with E-state index in [-0.39, 0.29) is 11.9 Å². The first-order valence-electron chi connectivity index (χ1n) is 11.3. The lowest BCUT2D eigenvalue weighted by molar-refractivity contribution is -0.111. The Morgan fingerprint density at radius 1 is 1.14 bits per heavy atom. The molecule has 0 aliphatic carbocycles. The lowest BCUT2D eigenvalue weighted by Gasteiger charge is -2.20. The van der Waals surface area contributed by atoms with Gasteiger partial charge in [-0.3, -0.25) is 4.79 Å². The Morgan fingerprint density at radius 3 is 2.74 bits per heavy atom. The van der Waals surface area contributed by atoms with Crippen LogP contribution in [0.5, 0.6) is 0 Å². The van der Waals surface area contributed by atoms with Gasteiger partial charge in [0.1, 0.15) is 17.0 Å². The second-order valence-electron chi connectivity index (χ2n) is 8.35. The molecule has 180 valence electrons. The molecule has 0 fully saturated rings. The molecular formula is C27H29N5O2S. The van der Waals surface area contributed by atoms with Gasteiger partial charge < -0.3 is 20.3 Å². The van der Waals surface area contributed by atoms with Crippen molar-refractivity contribution in [3.63, 3.8) is 0 Å². The van der Waals surface area contributed by atoms with Crippen molar-refractivity contribution in [2.75, 3.05) is 45.0 Å². The number of hydrogen-bond donors (Lipinski definition) is 2. The van der Waals surface area contributed by atoms with Gasteiger partial charge in [-0.1, -0.05) is 48.5 Å². The minimum atomic E-state index is -0.157. The summed E-state index contributed by atoms with van der Waals surface area (Å²) in [5.41, 5.74) is 3.84. The van der Waals surface area contributed by atoms with Crippen molar-refractivity contribution in [1.82, 2.24) is 14.9 Å². The number of benzene rings is 2. The summed E-state index contributed by atoms with van der Waals surface area (Å²) in [6.07, 6.45) is 4.97. The summed E-state index contributed by atoms with van der Waals surface area (Å²) >= 11 is 1.57. The molecule has 0 unspecified atom stereocenters. The molecule has 8 heteroatoms. The van der Waals surface area contributed by atoms with Crippen molar-refractivity contribution >= 4 is 39.0 Å². The van der Waals surface area contributed by atoms with E-state index in [1.165, 1.54) is 0 Å². The minimum absolute atomic E-state index is 0.0633. The third-order valence-corrected chi connectivity index (χ3v) is 6.28. The zero-order valence-electron chi connectivity index (χ0n) is 20.1. The summed E-state index contributed by atoms with van der Waals surface area (Å²) in [4.78, 5) is 24.3. The maximum atomic E-state index is 12.3. The van der Waals surface area contributed by atoms with Crippen LogP contribution in [0, 0.1) is 0 Å². The van der Waals surface area contributed by atoms with Crippen LogP contribution in [-0.2, 0) is 9.53 Å². The van der Waals surface area contributed by atoms with Gasteiger partial charge in [0, 0.05) is 36.4 Å². The van der Waals surface area contributed by atoms with Gasteiger partial charge in [-0.2, -0.15) is 0 Å². The largest absolute Gasteiger partial charge is 0.382 e. The van der Waals surface area contributed by atoms with Crippen molar-refractivity contribution in [2.24, 2.45) is 0 Å². The van der Waals surface area contributed by atoms with E-state index >= 15 is 0 Å². The maximum absolute atomic E-state index is 12.3. The Morgan fingerprint density at radius 2 is 1.97 bits per heavy atom. The SMILES string of the molecule is COC[C@@H](Nc1ncnc2scc(-c3cccc(NC(=O)/C=C/CN(C)C)c3)c12)c1ccccc1. The molecule has 0 saturated carbocycles. The van der Waals surface area contributed by atoms with Crippen LogP contribution in [0.15, 0.2) is 78.5 Å². The number of thiophene rings is 1. The standard InChI is InChI=1S/C27H29N5O2S/c1-32(2)14-8-13-24(33)30-21-12-7-11-20(15-21)22-17-35-27-25(22)26(28-18-29-27)31-23(16-34-3)19-9-5-4-6-10-19/h4-13,15,17-18,23H,14,16H2,1-3H3,(H,30,33)(H,28,29,31)/b13-8+/t23-/m1/s1. The van der Waals surface area contributed by atoms with Gasteiger partial charge in [-0.25, -0.2) is 9.97 Å². The maximum Gasteiger partial charge on any atom is 0.248 e. The van der Waals surface area contributed by atoms with E-state index in [1.807, 2.05) is 67.5 Å². The molecule has 0 radical (unpaired) electrons. The summed E-state index contributed by atoms with van der Waals surface area (Å²) in [5.74, 6) is 0.591. The summed E-state index contributed by atoms with van der Waals surface area (Å²) in [6, 6.07) is 17.9. The first-order chi connectivity index (χ1) is 17.0. The summed E-state index contributed by atoms with van der Waals surface area (Å²) in [5, 5.41) is 9.54. The Bertz CT molecular complexity index is 1300. The number of ether oxygens (including phenoxy) is 1. The van der Waals surface area contributed by atoms with Gasteiger partial charge in [-0.15, -0.1) is 11.3 Å². The summed E-state index contributed by atoms with van der Waals surface area (Å²) in [6.45, 7) is 1.20. The van der Waals surface area contributed by atoms with Crippen LogP contribution in [0.25, 0.3) is 21.3 Å². The fourth-order valence-corrected chi connectivity index (χ4v) is 4.67. The van der Waals surface area contributed by atoms with E-state index < -0.39 is 0 Å². The number of amides is 1. The van der Waals surface area contributed by atoms with Crippen LogP contribution in [-0.4, -0.2) is 55.1 Å². The van der Waals surface area contributed by atoms with Gasteiger partial charge in [0.15, 0.2) is 0 Å². The van der Waals surface area contributed by atoms with Crippen molar-refractivity contribution in [3.05, 3.63) is 84.0 Å². The van der Waals surface area contributed by atoms with E-state index in [1.54, 1.807) is 30.8 Å². The molecule has 1 amide bonds. The fraction of sp³-hybridized carbons (Fsp3) is 0.222. The Labute approximate surface area is 209 Å². The Hall–Kier alpha value is -3.59. The molecule has 4 aromatic rings. The summed E-state index contributed by atoms with van der Waals surface area (Å²) < 4.78 is 5.48. The Kier molecular flexibility index (Phi) is 8.20. The van der Waals surface area contributed by atoms with Gasteiger partial charge in [0.2, 0.25) is 5.91 Å². The number of aromatic nitrogens is 2. The van der Waals surface area contributed by atoms with E-state index in [9.17, 15) is 4.79 Å². The van der Waals surface area contributed by atoms with Crippen molar-refractivity contribution in [3.8, 4) is 11.1 Å². The lowest BCUT2D eigenvalue weighted by Crippen LogP contribution is -2.17. The number of rotatable bonds is 10. The second-order valence-corrected chi connectivity index (χ2v) is 9.21. The monoisotopic (exact) mass is 487 g/mol. The van der Waals surface area contributed by atoms with Crippen molar-refractivity contribution in [1.29, 1.82) is 0 Å². The number of nitrogens with zero attached hydrogens (tertiary/aromatic N) is 3. The highest BCUT2D eigenvalue weighted by Gasteiger charge is 2.18. The molecule has 7 nitrogen and oxygen atoms in total. The van der Waals surface area contributed by atoms with Gasteiger partial charge >= 0.3 is 0 Å². The van der Waals surface area contributed by atoms with E-state index in [4.69, 9.17) is 4.74 Å². The number of carbonyl (C=O) groups excluding carboxylic acids is 1. The number of nitrogens with one attached hydrogen (secondary N) is 2. The summed E-state index contributed by atoms with van der Waals surface area (Å²) in [7, 11) is 5.61. The highest BCUT2D eigenvalue weighted by atomic mass is 32.1. The lowest BCUT2D eigenvalue weighted by atomic mass is 10.0. The zero-order valence-corrected chi connectivity index (χ0v) is 20.9. The second kappa shape index (κ2) is 11.7. The average Bonchev–Trinajstić information content (AvgIpc) is 3.29. The van der Waals surface area contributed by atoms with Gasteiger partial charge in [0.05, 0.1) is 18.0 Å². The predicted molar refractivity (Wildman–Crippen MR) is 144 cm³/mol. The molecule has 35 heavy (non-hydrogen) atoms. The number of methoxy groups -OCH3 is 1. The number of anilines is 2. The molecule has 2 N–H and O–H groups in total. The first kappa shape index (κ1) is 24.5. The van der Waals surface area contributed by atoms with Gasteiger partial charge in [0.25, 0.3) is 0 Å². The molecule has 0 spiro atoms. The van der Waals surface area contributed by atoms with E-state index in [0.717, 1.165) is 38.4 Å². The molecule has 2 aromatic heterocycles. The number of carbonyl (C=O) groups is 1. The molecular weight excluding hydrogens is 458 g/mol. The van der Waals surface area contributed by atoms with E-state index in [2.05, 4.69) is 38.1 Å². The van der Waals surface area contributed by atoms with Crippen LogP contribution < -0.4 is 10.6 Å². The van der Waals surface area contributed by atoms with Crippen LogP contribution in [0.4, 0.5) is 11.5 Å². The number of hydrogen-bond acceptors (Lipinski definition) is 7. The van der Waals surface area contributed by atoms with Crippen molar-refractivity contribution in [2.45, 2.75) is 6.04 Å². The first-order valence-corrected chi connectivity index (χ1v) is 12.2. The highest BCUT2D eigenvalue weighted by molar-refractivity contribution is 7.17. The molecule has 1 atom stereocenters. The molecule has 0 aliphatic rings. The quantitative estimate of drug-likeness (QED) is 0.299. The molecule has 0 saturated heterocycles. The fourth-order valence-electron chi connectivity index (χ4n) is 3.75. The minimum Gasteiger partial charge on any atom is -0.382 e. The van der Waals surface area contributed by atoms with Crippen LogP contribution in [0.3, 0.4) is 0 Å². The number of fused-ring (bicyclic) bond motifs is 1.